The second kappa shape index (κ2) is 9.31. The van der Waals surface area contributed by atoms with Crippen molar-refractivity contribution in [1.29, 1.82) is 0 Å². The number of hydrogen-bond donors (Lipinski definition) is 2. The highest BCUT2D eigenvalue weighted by Crippen LogP contribution is 2.23. The van der Waals surface area contributed by atoms with Gasteiger partial charge in [0.2, 0.25) is 0 Å². The molecule has 0 atom stereocenters. The summed E-state index contributed by atoms with van der Waals surface area (Å²) in [7, 11) is 0. The van der Waals surface area contributed by atoms with Gasteiger partial charge in [-0.1, -0.05) is 72.3 Å². The zero-order valence-corrected chi connectivity index (χ0v) is 16.2. The maximum Gasteiger partial charge on any atom is 0.195 e. The molecule has 0 fully saturated rings. The number of halogens is 1. The van der Waals surface area contributed by atoms with Gasteiger partial charge in [0.1, 0.15) is 0 Å². The lowest BCUT2D eigenvalue weighted by molar-refractivity contribution is 0.103. The van der Waals surface area contributed by atoms with Crippen molar-refractivity contribution >= 4 is 40.4 Å². The van der Waals surface area contributed by atoms with E-state index < -0.39 is 0 Å². The molecule has 3 rings (SSSR count). The van der Waals surface area contributed by atoms with Crippen LogP contribution in [0.15, 0.2) is 78.9 Å². The predicted molar refractivity (Wildman–Crippen MR) is 116 cm³/mol. The molecular formula is C22H19ClN2OS. The number of benzene rings is 3. The van der Waals surface area contributed by atoms with Gasteiger partial charge >= 0.3 is 0 Å². The summed E-state index contributed by atoms with van der Waals surface area (Å²) in [5.41, 5.74) is 2.95. The standard InChI is InChI=1S/C22H19ClN2OS/c23-18-11-12-20(19(15-18)21(26)17-9-5-2-6-10-17)25-22(27)24-14-13-16-7-3-1-4-8-16/h1-12,15H,13-14H2,(H2,24,25,27). The van der Waals surface area contributed by atoms with Crippen LogP contribution < -0.4 is 10.6 Å². The van der Waals surface area contributed by atoms with Crippen LogP contribution in [0.4, 0.5) is 5.69 Å². The van der Waals surface area contributed by atoms with Gasteiger partial charge in [-0.2, -0.15) is 0 Å². The average molecular weight is 395 g/mol. The number of hydrogen-bond acceptors (Lipinski definition) is 2. The minimum Gasteiger partial charge on any atom is -0.362 e. The molecule has 0 saturated heterocycles. The smallest absolute Gasteiger partial charge is 0.195 e. The first-order chi connectivity index (χ1) is 13.1. The van der Waals surface area contributed by atoms with E-state index in [1.807, 2.05) is 36.4 Å². The van der Waals surface area contributed by atoms with Crippen molar-refractivity contribution in [2.45, 2.75) is 6.42 Å². The zero-order chi connectivity index (χ0) is 19.1. The summed E-state index contributed by atoms with van der Waals surface area (Å²) in [5.74, 6) is -0.104. The van der Waals surface area contributed by atoms with Gasteiger partial charge < -0.3 is 10.6 Å². The molecule has 0 radical (unpaired) electrons. The Labute approximate surface area is 169 Å². The van der Waals surface area contributed by atoms with E-state index in [0.29, 0.717) is 33.5 Å². The Kier molecular flexibility index (Phi) is 6.58. The normalized spacial score (nSPS) is 10.3. The first kappa shape index (κ1) is 19.1. The first-order valence-corrected chi connectivity index (χ1v) is 9.40. The predicted octanol–water partition coefficient (Wildman–Crippen LogP) is 5.10. The van der Waals surface area contributed by atoms with E-state index in [9.17, 15) is 4.79 Å². The van der Waals surface area contributed by atoms with E-state index in [0.717, 1.165) is 6.42 Å². The van der Waals surface area contributed by atoms with Crippen molar-refractivity contribution in [1.82, 2.24) is 5.32 Å². The van der Waals surface area contributed by atoms with Gasteiger partial charge in [0.05, 0.1) is 5.69 Å². The minimum absolute atomic E-state index is 0.104. The van der Waals surface area contributed by atoms with Crippen molar-refractivity contribution in [2.75, 3.05) is 11.9 Å². The molecule has 0 aliphatic heterocycles. The van der Waals surface area contributed by atoms with Crippen LogP contribution in [0.2, 0.25) is 5.02 Å². The van der Waals surface area contributed by atoms with Crippen molar-refractivity contribution in [3.05, 3.63) is 101 Å². The molecule has 0 aliphatic rings. The highest BCUT2D eigenvalue weighted by Gasteiger charge is 2.15. The first-order valence-electron chi connectivity index (χ1n) is 8.61. The van der Waals surface area contributed by atoms with E-state index in [1.54, 1.807) is 30.3 Å². The van der Waals surface area contributed by atoms with Crippen molar-refractivity contribution < 1.29 is 4.79 Å². The topological polar surface area (TPSA) is 41.1 Å². The second-order valence-electron chi connectivity index (χ2n) is 6.00. The Hall–Kier alpha value is -2.69. The van der Waals surface area contributed by atoms with E-state index in [1.165, 1.54) is 5.56 Å². The van der Waals surface area contributed by atoms with Crippen LogP contribution in [-0.2, 0) is 6.42 Å². The Balaban J connectivity index is 1.67. The van der Waals surface area contributed by atoms with E-state index in [4.69, 9.17) is 23.8 Å². The molecule has 0 spiro atoms. The van der Waals surface area contributed by atoms with Crippen molar-refractivity contribution in [2.24, 2.45) is 0 Å². The lowest BCUT2D eigenvalue weighted by Gasteiger charge is -2.14. The molecule has 0 saturated carbocycles. The van der Waals surface area contributed by atoms with Crippen molar-refractivity contribution in [3.8, 4) is 0 Å². The van der Waals surface area contributed by atoms with E-state index >= 15 is 0 Å². The Bertz CT molecular complexity index is 930. The quantitative estimate of drug-likeness (QED) is 0.450. The lowest BCUT2D eigenvalue weighted by atomic mass is 10.0. The van der Waals surface area contributed by atoms with Crippen LogP contribution in [0, 0.1) is 0 Å². The third-order valence-electron chi connectivity index (χ3n) is 4.05. The summed E-state index contributed by atoms with van der Waals surface area (Å²) in [6, 6.07) is 24.4. The summed E-state index contributed by atoms with van der Waals surface area (Å²) >= 11 is 11.5. The third kappa shape index (κ3) is 5.39. The highest BCUT2D eigenvalue weighted by molar-refractivity contribution is 7.80. The van der Waals surface area contributed by atoms with Gasteiger partial charge in [-0.05, 0) is 42.4 Å². The van der Waals surface area contributed by atoms with Crippen LogP contribution in [0.1, 0.15) is 21.5 Å². The van der Waals surface area contributed by atoms with E-state index in [2.05, 4.69) is 22.8 Å². The molecule has 0 aromatic heterocycles. The number of ketones is 1. The van der Waals surface area contributed by atoms with Gasteiger partial charge in [-0.25, -0.2) is 0 Å². The van der Waals surface area contributed by atoms with Crippen LogP contribution in [-0.4, -0.2) is 17.4 Å². The maximum atomic E-state index is 12.8. The summed E-state index contributed by atoms with van der Waals surface area (Å²) in [5, 5.41) is 7.26. The largest absolute Gasteiger partial charge is 0.362 e. The Morgan fingerprint density at radius 3 is 2.30 bits per heavy atom. The average Bonchev–Trinajstić information content (AvgIpc) is 2.70. The Morgan fingerprint density at radius 2 is 1.59 bits per heavy atom. The molecule has 0 amide bonds. The maximum absolute atomic E-state index is 12.8. The van der Waals surface area contributed by atoms with Gasteiger partial charge in [-0.15, -0.1) is 0 Å². The fourth-order valence-electron chi connectivity index (χ4n) is 2.69. The zero-order valence-electron chi connectivity index (χ0n) is 14.6. The van der Waals surface area contributed by atoms with Crippen molar-refractivity contribution in [3.63, 3.8) is 0 Å². The number of carbonyl (C=O) groups excluding carboxylic acids is 1. The second-order valence-corrected chi connectivity index (χ2v) is 6.85. The fraction of sp³-hybridized carbons (Fsp3) is 0.0909. The number of thiocarbonyl (C=S) groups is 1. The van der Waals surface area contributed by atoms with Crippen LogP contribution >= 0.6 is 23.8 Å². The van der Waals surface area contributed by atoms with Gasteiger partial charge in [0, 0.05) is 22.7 Å². The molecule has 0 bridgehead atoms. The molecular weight excluding hydrogens is 376 g/mol. The summed E-state index contributed by atoms with van der Waals surface area (Å²) in [4.78, 5) is 12.8. The molecule has 2 N–H and O–H groups in total. The molecule has 5 heteroatoms. The molecule has 0 unspecified atom stereocenters. The number of rotatable bonds is 6. The fourth-order valence-corrected chi connectivity index (χ4v) is 3.07. The number of anilines is 1. The van der Waals surface area contributed by atoms with Crippen LogP contribution in [0.3, 0.4) is 0 Å². The van der Waals surface area contributed by atoms with Gasteiger partial charge in [0.25, 0.3) is 0 Å². The molecule has 3 aromatic rings. The van der Waals surface area contributed by atoms with Crippen LogP contribution in [0.5, 0.6) is 0 Å². The molecule has 3 nitrogen and oxygen atoms in total. The van der Waals surface area contributed by atoms with Gasteiger partial charge in [0.15, 0.2) is 10.9 Å². The third-order valence-corrected chi connectivity index (χ3v) is 4.53. The molecule has 3 aromatic carbocycles. The monoisotopic (exact) mass is 394 g/mol. The summed E-state index contributed by atoms with van der Waals surface area (Å²) in [6.07, 6.45) is 0.860. The lowest BCUT2D eigenvalue weighted by Crippen LogP contribution is -2.30. The molecule has 0 aliphatic carbocycles. The number of nitrogens with one attached hydrogen (secondary N) is 2. The molecule has 27 heavy (non-hydrogen) atoms. The molecule has 136 valence electrons. The van der Waals surface area contributed by atoms with Crippen LogP contribution in [0.25, 0.3) is 0 Å². The SMILES string of the molecule is O=C(c1ccccc1)c1cc(Cl)ccc1NC(=S)NCCc1ccccc1. The van der Waals surface area contributed by atoms with Gasteiger partial charge in [-0.3, -0.25) is 4.79 Å². The highest BCUT2D eigenvalue weighted by atomic mass is 35.5. The summed E-state index contributed by atoms with van der Waals surface area (Å²) in [6.45, 7) is 0.700. The summed E-state index contributed by atoms with van der Waals surface area (Å²) < 4.78 is 0. The van der Waals surface area contributed by atoms with E-state index in [-0.39, 0.29) is 5.78 Å². The number of carbonyl (C=O) groups is 1. The Morgan fingerprint density at radius 1 is 0.926 bits per heavy atom. The minimum atomic E-state index is -0.104. The molecule has 0 heterocycles.